The van der Waals surface area contributed by atoms with E-state index in [0.29, 0.717) is 11.5 Å². The first kappa shape index (κ1) is 12.0. The second kappa shape index (κ2) is 5.75. The fourth-order valence-electron chi connectivity index (χ4n) is 1.22. The van der Waals surface area contributed by atoms with Crippen LogP contribution in [0.4, 0.5) is 0 Å². The van der Waals surface area contributed by atoms with Crippen LogP contribution in [0.2, 0.25) is 0 Å². The molecule has 0 radical (unpaired) electrons. The van der Waals surface area contributed by atoms with Crippen molar-refractivity contribution in [2.24, 2.45) is 0 Å². The number of aldehydes is 1. The van der Waals surface area contributed by atoms with Crippen molar-refractivity contribution in [2.75, 3.05) is 14.2 Å². The van der Waals surface area contributed by atoms with Crippen molar-refractivity contribution in [2.45, 2.75) is 6.54 Å². The average Bonchev–Trinajstić information content (AvgIpc) is 2.35. The standard InChI is InChI=1S/C11H13NO4/c1-15-9-4-3-8(10(5-9)16-2)6-12-11(14)7-13/h3-5,7H,6H2,1-2H3,(H,12,14). The maximum absolute atomic E-state index is 10.8. The van der Waals surface area contributed by atoms with Crippen LogP contribution in [-0.2, 0) is 16.1 Å². The largest absolute Gasteiger partial charge is 0.497 e. The van der Waals surface area contributed by atoms with E-state index in [1.165, 1.54) is 7.11 Å². The number of hydrogen-bond acceptors (Lipinski definition) is 4. The number of methoxy groups -OCH3 is 2. The molecule has 86 valence electrons. The van der Waals surface area contributed by atoms with E-state index in [1.807, 2.05) is 0 Å². The molecule has 1 aromatic carbocycles. The topological polar surface area (TPSA) is 64.6 Å². The second-order valence-electron chi connectivity index (χ2n) is 3.01. The lowest BCUT2D eigenvalue weighted by atomic mass is 10.2. The molecular formula is C11H13NO4. The zero-order valence-electron chi connectivity index (χ0n) is 9.15. The van der Waals surface area contributed by atoms with E-state index in [0.717, 1.165) is 5.56 Å². The number of rotatable bonds is 5. The third-order valence-electron chi connectivity index (χ3n) is 2.05. The number of amides is 1. The van der Waals surface area contributed by atoms with E-state index >= 15 is 0 Å². The molecule has 0 saturated carbocycles. The number of hydrogen-bond donors (Lipinski definition) is 1. The van der Waals surface area contributed by atoms with Gasteiger partial charge in [-0.05, 0) is 12.1 Å². The Kier molecular flexibility index (Phi) is 4.32. The van der Waals surface area contributed by atoms with Gasteiger partial charge in [0.15, 0.2) is 0 Å². The molecule has 0 bridgehead atoms. The average molecular weight is 223 g/mol. The Labute approximate surface area is 93.4 Å². The van der Waals surface area contributed by atoms with Crippen LogP contribution in [0.25, 0.3) is 0 Å². The Morgan fingerprint density at radius 3 is 2.69 bits per heavy atom. The summed E-state index contributed by atoms with van der Waals surface area (Å²) in [6.45, 7) is 0.241. The zero-order chi connectivity index (χ0) is 12.0. The summed E-state index contributed by atoms with van der Waals surface area (Å²) >= 11 is 0. The van der Waals surface area contributed by atoms with E-state index in [-0.39, 0.29) is 12.8 Å². The molecule has 5 heteroatoms. The first-order valence-corrected chi connectivity index (χ1v) is 4.65. The predicted molar refractivity (Wildman–Crippen MR) is 57.5 cm³/mol. The highest BCUT2D eigenvalue weighted by atomic mass is 16.5. The zero-order valence-corrected chi connectivity index (χ0v) is 9.15. The maximum atomic E-state index is 10.8. The van der Waals surface area contributed by atoms with E-state index in [1.54, 1.807) is 25.3 Å². The van der Waals surface area contributed by atoms with Crippen molar-refractivity contribution in [1.82, 2.24) is 5.32 Å². The number of benzene rings is 1. The molecule has 0 spiro atoms. The normalized spacial score (nSPS) is 9.38. The summed E-state index contributed by atoms with van der Waals surface area (Å²) < 4.78 is 10.2. The molecule has 0 aromatic heterocycles. The molecule has 1 amide bonds. The molecule has 1 rings (SSSR count). The summed E-state index contributed by atoms with van der Waals surface area (Å²) in [5.74, 6) is 0.616. The minimum absolute atomic E-state index is 0.232. The molecule has 5 nitrogen and oxygen atoms in total. The summed E-state index contributed by atoms with van der Waals surface area (Å²) in [4.78, 5) is 20.9. The number of nitrogens with one attached hydrogen (secondary N) is 1. The molecule has 0 heterocycles. The van der Waals surface area contributed by atoms with E-state index < -0.39 is 5.91 Å². The van der Waals surface area contributed by atoms with Gasteiger partial charge >= 0.3 is 0 Å². The molecule has 0 aliphatic carbocycles. The fraction of sp³-hybridized carbons (Fsp3) is 0.273. The SMILES string of the molecule is COc1ccc(CNC(=O)C=O)c(OC)c1. The number of ether oxygens (including phenoxy) is 2. The Balaban J connectivity index is 2.79. The van der Waals surface area contributed by atoms with Gasteiger partial charge in [0, 0.05) is 18.2 Å². The number of carbonyl (C=O) groups excluding carboxylic acids is 2. The Bertz CT molecular complexity index is 390. The highest BCUT2D eigenvalue weighted by molar-refractivity contribution is 6.23. The predicted octanol–water partition coefficient (Wildman–Crippen LogP) is 0.519. The first-order valence-electron chi connectivity index (χ1n) is 4.65. The van der Waals surface area contributed by atoms with Gasteiger partial charge < -0.3 is 14.8 Å². The molecule has 1 aromatic rings. The van der Waals surface area contributed by atoms with E-state index in [9.17, 15) is 9.59 Å². The molecular weight excluding hydrogens is 210 g/mol. The third-order valence-corrected chi connectivity index (χ3v) is 2.05. The second-order valence-corrected chi connectivity index (χ2v) is 3.01. The van der Waals surface area contributed by atoms with Crippen LogP contribution in [-0.4, -0.2) is 26.4 Å². The molecule has 0 saturated heterocycles. The van der Waals surface area contributed by atoms with Crippen molar-refractivity contribution in [1.29, 1.82) is 0 Å². The van der Waals surface area contributed by atoms with Gasteiger partial charge in [-0.3, -0.25) is 9.59 Å². The van der Waals surface area contributed by atoms with Crippen molar-refractivity contribution in [3.8, 4) is 11.5 Å². The third kappa shape index (κ3) is 2.98. The van der Waals surface area contributed by atoms with Crippen molar-refractivity contribution in [3.63, 3.8) is 0 Å². The first-order chi connectivity index (χ1) is 7.71. The van der Waals surface area contributed by atoms with Gasteiger partial charge in [0.25, 0.3) is 5.91 Å². The molecule has 0 atom stereocenters. The van der Waals surface area contributed by atoms with Crippen molar-refractivity contribution in [3.05, 3.63) is 23.8 Å². The molecule has 0 unspecified atom stereocenters. The van der Waals surface area contributed by atoms with Crippen molar-refractivity contribution >= 4 is 12.2 Å². The smallest absolute Gasteiger partial charge is 0.284 e. The molecule has 0 fully saturated rings. The van der Waals surface area contributed by atoms with Crippen LogP contribution in [0, 0.1) is 0 Å². The maximum Gasteiger partial charge on any atom is 0.284 e. The quantitative estimate of drug-likeness (QED) is 0.583. The molecule has 0 aliphatic heterocycles. The fourth-order valence-corrected chi connectivity index (χ4v) is 1.22. The van der Waals surface area contributed by atoms with Gasteiger partial charge in [0.1, 0.15) is 11.5 Å². The summed E-state index contributed by atoms with van der Waals surface area (Å²) in [6, 6.07) is 5.23. The minimum Gasteiger partial charge on any atom is -0.497 e. The van der Waals surface area contributed by atoms with Crippen LogP contribution in [0.15, 0.2) is 18.2 Å². The number of carbonyl (C=O) groups is 2. The Morgan fingerprint density at radius 2 is 2.12 bits per heavy atom. The van der Waals surface area contributed by atoms with Crippen LogP contribution in [0.3, 0.4) is 0 Å². The molecule has 0 aliphatic rings. The molecule has 1 N–H and O–H groups in total. The van der Waals surface area contributed by atoms with Crippen LogP contribution in [0.1, 0.15) is 5.56 Å². The summed E-state index contributed by atoms with van der Waals surface area (Å²) in [7, 11) is 3.09. The highest BCUT2D eigenvalue weighted by Gasteiger charge is 2.06. The van der Waals surface area contributed by atoms with E-state index in [2.05, 4.69) is 5.32 Å². The van der Waals surface area contributed by atoms with Gasteiger partial charge in [0.2, 0.25) is 6.29 Å². The van der Waals surface area contributed by atoms with Crippen molar-refractivity contribution < 1.29 is 19.1 Å². The van der Waals surface area contributed by atoms with Gasteiger partial charge in [-0.2, -0.15) is 0 Å². The summed E-state index contributed by atoms with van der Waals surface area (Å²) in [5, 5.41) is 2.43. The lowest BCUT2D eigenvalue weighted by Gasteiger charge is -2.10. The summed E-state index contributed by atoms with van der Waals surface area (Å²) in [5.41, 5.74) is 0.776. The lowest BCUT2D eigenvalue weighted by molar-refractivity contribution is -0.131. The van der Waals surface area contributed by atoms with Gasteiger partial charge in [-0.15, -0.1) is 0 Å². The monoisotopic (exact) mass is 223 g/mol. The lowest BCUT2D eigenvalue weighted by Crippen LogP contribution is -2.23. The van der Waals surface area contributed by atoms with E-state index in [4.69, 9.17) is 9.47 Å². The summed E-state index contributed by atoms with van der Waals surface area (Å²) in [6.07, 6.45) is 0.232. The van der Waals surface area contributed by atoms with Crippen LogP contribution in [0.5, 0.6) is 11.5 Å². The van der Waals surface area contributed by atoms with Gasteiger partial charge in [-0.1, -0.05) is 0 Å². The highest BCUT2D eigenvalue weighted by Crippen LogP contribution is 2.24. The minimum atomic E-state index is -0.655. The van der Waals surface area contributed by atoms with Gasteiger partial charge in [0.05, 0.1) is 14.2 Å². The van der Waals surface area contributed by atoms with Gasteiger partial charge in [-0.25, -0.2) is 0 Å². The Hall–Kier alpha value is -2.04. The molecule has 16 heavy (non-hydrogen) atoms. The van der Waals surface area contributed by atoms with Crippen LogP contribution < -0.4 is 14.8 Å². The van der Waals surface area contributed by atoms with Crippen LogP contribution >= 0.6 is 0 Å². The Morgan fingerprint density at radius 1 is 1.38 bits per heavy atom.